The number of halogens is 1. The van der Waals surface area contributed by atoms with E-state index in [0.717, 1.165) is 31.2 Å². The number of nitrogens with one attached hydrogen (secondary N) is 1. The van der Waals surface area contributed by atoms with Crippen molar-refractivity contribution in [1.82, 2.24) is 5.32 Å². The topological polar surface area (TPSA) is 81.5 Å². The molecule has 0 aliphatic heterocycles. The van der Waals surface area contributed by atoms with E-state index in [9.17, 15) is 14.9 Å². The Bertz CT molecular complexity index is 930. The Morgan fingerprint density at radius 1 is 1.13 bits per heavy atom. The maximum Gasteiger partial charge on any atom is 0.312 e. The van der Waals surface area contributed by atoms with Crippen LogP contribution in [0.15, 0.2) is 42.5 Å². The monoisotopic (exact) mass is 444 g/mol. The van der Waals surface area contributed by atoms with Crippen molar-refractivity contribution >= 4 is 23.2 Å². The first-order valence-corrected chi connectivity index (χ1v) is 11.0. The van der Waals surface area contributed by atoms with E-state index in [0.29, 0.717) is 16.9 Å². The lowest BCUT2D eigenvalue weighted by Crippen LogP contribution is -2.39. The number of hydrogen-bond acceptors (Lipinski definition) is 4. The highest BCUT2D eigenvalue weighted by Gasteiger charge is 2.30. The standard InChI is InChI=1S/C24H29ClN2O4/c1-24(2,3)18-8-11-20(12-9-18)26-23(28)17-6-4-16(5-7-17)15-31-22-13-10-19(25)14-21(22)27(29)30/h4-7,10,13-14,18,20H,8-9,11-12,15H2,1-3H3,(H,26,28). The van der Waals surface area contributed by atoms with Crippen molar-refractivity contribution in [2.45, 2.75) is 59.1 Å². The van der Waals surface area contributed by atoms with Crippen LogP contribution in [0.4, 0.5) is 5.69 Å². The number of rotatable bonds is 6. The number of benzene rings is 2. The van der Waals surface area contributed by atoms with Crippen molar-refractivity contribution < 1.29 is 14.5 Å². The van der Waals surface area contributed by atoms with Crippen LogP contribution in [-0.4, -0.2) is 16.9 Å². The average Bonchev–Trinajstić information content (AvgIpc) is 2.73. The van der Waals surface area contributed by atoms with Crippen LogP contribution in [0, 0.1) is 21.4 Å². The van der Waals surface area contributed by atoms with E-state index in [2.05, 4.69) is 26.1 Å². The minimum atomic E-state index is -0.524. The fourth-order valence-corrected chi connectivity index (χ4v) is 4.21. The molecule has 1 aliphatic carbocycles. The lowest BCUT2D eigenvalue weighted by Gasteiger charge is -2.37. The molecule has 1 fully saturated rings. The summed E-state index contributed by atoms with van der Waals surface area (Å²) < 4.78 is 5.60. The molecule has 2 aromatic rings. The number of amides is 1. The number of nitrogens with zero attached hydrogens (tertiary/aromatic N) is 1. The highest BCUT2D eigenvalue weighted by molar-refractivity contribution is 6.30. The van der Waals surface area contributed by atoms with Crippen LogP contribution in [0.2, 0.25) is 5.02 Å². The number of hydrogen-bond donors (Lipinski definition) is 1. The van der Waals surface area contributed by atoms with Crippen molar-refractivity contribution in [3.05, 3.63) is 68.7 Å². The molecule has 0 spiro atoms. The predicted molar refractivity (Wildman–Crippen MR) is 122 cm³/mol. The second-order valence-corrected chi connectivity index (χ2v) is 9.68. The lowest BCUT2D eigenvalue weighted by atomic mass is 9.71. The molecule has 7 heteroatoms. The minimum Gasteiger partial charge on any atom is -0.482 e. The van der Waals surface area contributed by atoms with E-state index < -0.39 is 4.92 Å². The van der Waals surface area contributed by atoms with Crippen LogP contribution in [0.5, 0.6) is 5.75 Å². The van der Waals surface area contributed by atoms with Gasteiger partial charge in [0.2, 0.25) is 0 Å². The van der Waals surface area contributed by atoms with Gasteiger partial charge in [-0.1, -0.05) is 44.5 Å². The van der Waals surface area contributed by atoms with Gasteiger partial charge < -0.3 is 10.1 Å². The molecule has 1 saturated carbocycles. The summed E-state index contributed by atoms with van der Waals surface area (Å²) in [6.45, 7) is 7.01. The Morgan fingerprint density at radius 2 is 1.77 bits per heavy atom. The predicted octanol–water partition coefficient (Wildman–Crippen LogP) is 6.16. The Kier molecular flexibility index (Phi) is 7.21. The van der Waals surface area contributed by atoms with Gasteiger partial charge in [-0.05, 0) is 66.8 Å². The van der Waals surface area contributed by atoms with Gasteiger partial charge in [0, 0.05) is 22.7 Å². The molecular weight excluding hydrogens is 416 g/mol. The number of ether oxygens (including phenoxy) is 1. The van der Waals surface area contributed by atoms with Crippen molar-refractivity contribution in [2.24, 2.45) is 11.3 Å². The zero-order valence-electron chi connectivity index (χ0n) is 18.2. The summed E-state index contributed by atoms with van der Waals surface area (Å²) in [5.74, 6) is 0.790. The van der Waals surface area contributed by atoms with Gasteiger partial charge in [0.1, 0.15) is 6.61 Å². The number of nitro benzene ring substituents is 1. The van der Waals surface area contributed by atoms with E-state index in [1.807, 2.05) is 0 Å². The summed E-state index contributed by atoms with van der Waals surface area (Å²) >= 11 is 5.82. The van der Waals surface area contributed by atoms with Gasteiger partial charge in [0.25, 0.3) is 5.91 Å². The van der Waals surface area contributed by atoms with Crippen molar-refractivity contribution in [3.63, 3.8) is 0 Å². The summed E-state index contributed by atoms with van der Waals surface area (Å²) in [4.78, 5) is 23.2. The second kappa shape index (κ2) is 9.69. The summed E-state index contributed by atoms with van der Waals surface area (Å²) in [6.07, 6.45) is 4.31. The molecule has 3 rings (SSSR count). The SMILES string of the molecule is CC(C)(C)C1CCC(NC(=O)c2ccc(COc3ccc(Cl)cc3[N+](=O)[O-])cc2)CC1. The highest BCUT2D eigenvalue weighted by Crippen LogP contribution is 2.37. The summed E-state index contributed by atoms with van der Waals surface area (Å²) in [6, 6.07) is 11.6. The van der Waals surface area contributed by atoms with Gasteiger partial charge in [-0.3, -0.25) is 14.9 Å². The average molecular weight is 445 g/mol. The second-order valence-electron chi connectivity index (χ2n) is 9.24. The minimum absolute atomic E-state index is 0.0694. The van der Waals surface area contributed by atoms with Gasteiger partial charge in [0.05, 0.1) is 4.92 Å². The maximum absolute atomic E-state index is 12.6. The van der Waals surface area contributed by atoms with E-state index >= 15 is 0 Å². The summed E-state index contributed by atoms with van der Waals surface area (Å²) in [7, 11) is 0. The molecule has 1 aliphatic rings. The third-order valence-electron chi connectivity index (χ3n) is 6.02. The van der Waals surface area contributed by atoms with Gasteiger partial charge in [-0.15, -0.1) is 0 Å². The van der Waals surface area contributed by atoms with Crippen LogP contribution in [0.3, 0.4) is 0 Å². The molecule has 31 heavy (non-hydrogen) atoms. The third-order valence-corrected chi connectivity index (χ3v) is 6.25. The van der Waals surface area contributed by atoms with Crippen LogP contribution in [0.25, 0.3) is 0 Å². The first-order chi connectivity index (χ1) is 14.6. The molecule has 0 heterocycles. The Morgan fingerprint density at radius 3 is 2.35 bits per heavy atom. The largest absolute Gasteiger partial charge is 0.482 e. The lowest BCUT2D eigenvalue weighted by molar-refractivity contribution is -0.385. The fourth-order valence-electron chi connectivity index (χ4n) is 4.04. The molecule has 0 radical (unpaired) electrons. The first-order valence-electron chi connectivity index (χ1n) is 10.6. The normalized spacial score (nSPS) is 19.0. The van der Waals surface area contributed by atoms with Gasteiger partial charge >= 0.3 is 5.69 Å². The van der Waals surface area contributed by atoms with Crippen LogP contribution >= 0.6 is 11.6 Å². The van der Waals surface area contributed by atoms with Crippen LogP contribution in [0.1, 0.15) is 62.4 Å². The Hall–Kier alpha value is -2.60. The zero-order valence-corrected chi connectivity index (χ0v) is 18.9. The van der Waals surface area contributed by atoms with Crippen LogP contribution in [-0.2, 0) is 6.61 Å². The van der Waals surface area contributed by atoms with Crippen LogP contribution < -0.4 is 10.1 Å². The molecule has 0 unspecified atom stereocenters. The molecule has 0 aromatic heterocycles. The highest BCUT2D eigenvalue weighted by atomic mass is 35.5. The fraction of sp³-hybridized carbons (Fsp3) is 0.458. The quantitative estimate of drug-likeness (QED) is 0.427. The van der Waals surface area contributed by atoms with E-state index in [4.69, 9.17) is 16.3 Å². The third kappa shape index (κ3) is 6.20. The molecule has 0 atom stereocenters. The molecule has 1 amide bonds. The smallest absolute Gasteiger partial charge is 0.312 e. The van der Waals surface area contributed by atoms with E-state index in [1.165, 1.54) is 12.1 Å². The molecule has 166 valence electrons. The zero-order chi connectivity index (χ0) is 22.6. The molecular formula is C24H29ClN2O4. The van der Waals surface area contributed by atoms with Gasteiger partial charge in [-0.2, -0.15) is 0 Å². The molecule has 0 saturated heterocycles. The number of nitro groups is 1. The number of carbonyl (C=O) groups excluding carboxylic acids is 1. The first kappa shape index (κ1) is 23.1. The van der Waals surface area contributed by atoms with Crippen molar-refractivity contribution in [2.75, 3.05) is 0 Å². The number of carbonyl (C=O) groups is 1. The Labute approximate surface area is 188 Å². The molecule has 6 nitrogen and oxygen atoms in total. The van der Waals surface area contributed by atoms with Crippen molar-refractivity contribution in [1.29, 1.82) is 0 Å². The van der Waals surface area contributed by atoms with E-state index in [1.54, 1.807) is 30.3 Å². The maximum atomic E-state index is 12.6. The summed E-state index contributed by atoms with van der Waals surface area (Å²) in [5, 5.41) is 14.6. The van der Waals surface area contributed by atoms with E-state index in [-0.39, 0.29) is 35.0 Å². The molecule has 2 aromatic carbocycles. The van der Waals surface area contributed by atoms with Gasteiger partial charge in [-0.25, -0.2) is 0 Å². The van der Waals surface area contributed by atoms with Crippen molar-refractivity contribution in [3.8, 4) is 5.75 Å². The summed E-state index contributed by atoms with van der Waals surface area (Å²) in [5.41, 5.74) is 1.55. The molecule has 1 N–H and O–H groups in total. The Balaban J connectivity index is 1.54. The molecule has 0 bridgehead atoms. The van der Waals surface area contributed by atoms with Gasteiger partial charge in [0.15, 0.2) is 5.75 Å².